The number of nitrogens with one attached hydrogen (secondary N) is 1. The highest BCUT2D eigenvalue weighted by atomic mass is 16.6. The molecule has 0 aliphatic heterocycles. The Bertz CT molecular complexity index is 235. The fourth-order valence-electron chi connectivity index (χ4n) is 0.701. The lowest BCUT2D eigenvalue weighted by Crippen LogP contribution is -2.32. The summed E-state index contributed by atoms with van der Waals surface area (Å²) in [5.41, 5.74) is -0.667. The van der Waals surface area contributed by atoms with Crippen LogP contribution in [0.5, 0.6) is 0 Å². The zero-order valence-electron chi connectivity index (χ0n) is 10.2. The van der Waals surface area contributed by atoms with Gasteiger partial charge in [0.25, 0.3) is 0 Å². The molecule has 8 heteroatoms. The molecule has 0 saturated heterocycles. The minimum atomic E-state index is -1.83. The lowest BCUT2D eigenvalue weighted by atomic mass is 9.88. The molecule has 8 nitrogen and oxygen atoms in total. The van der Waals surface area contributed by atoms with Crippen molar-refractivity contribution in [2.24, 2.45) is 5.41 Å². The van der Waals surface area contributed by atoms with Crippen LogP contribution in [0, 0.1) is 5.41 Å². The second kappa shape index (κ2) is 11.8. The quantitative estimate of drug-likeness (QED) is 0.448. The lowest BCUT2D eigenvalue weighted by molar-refractivity contribution is 0.00304. The molecular weight excluding hydrogens is 244 g/mol. The number of aliphatic hydroxyl groups excluding tert-OH is 3. The average Bonchev–Trinajstić information content (AvgIpc) is 2.91. The number of hydrogen-bond acceptors (Lipinski definition) is 5. The molecule has 0 aromatic carbocycles. The van der Waals surface area contributed by atoms with E-state index >= 15 is 0 Å². The van der Waals surface area contributed by atoms with Crippen LogP contribution in [0.25, 0.3) is 0 Å². The molecule has 0 amide bonds. The highest BCUT2D eigenvalue weighted by Crippen LogP contribution is 2.18. The maximum absolute atomic E-state index is 8.66. The first-order valence-electron chi connectivity index (χ1n) is 5.15. The number of aromatic amines is 1. The van der Waals surface area contributed by atoms with Gasteiger partial charge in [0.2, 0.25) is 0 Å². The summed E-state index contributed by atoms with van der Waals surface area (Å²) < 4.78 is 0. The molecule has 1 heterocycles. The molecular formula is C10H20N2O6. The van der Waals surface area contributed by atoms with Crippen LogP contribution in [0.15, 0.2) is 18.7 Å². The predicted octanol–water partition coefficient (Wildman–Crippen LogP) is -0.00820. The molecule has 0 aliphatic rings. The molecule has 0 aliphatic carbocycles. The molecule has 0 saturated carbocycles. The van der Waals surface area contributed by atoms with Crippen LogP contribution >= 0.6 is 0 Å². The van der Waals surface area contributed by atoms with Gasteiger partial charge in [-0.2, -0.15) is 0 Å². The number of aliphatic hydroxyl groups is 3. The minimum Gasteiger partial charge on any atom is -0.450 e. The van der Waals surface area contributed by atoms with Gasteiger partial charge < -0.3 is 30.5 Å². The van der Waals surface area contributed by atoms with E-state index in [1.54, 1.807) is 18.7 Å². The van der Waals surface area contributed by atoms with E-state index in [4.69, 9.17) is 30.3 Å². The van der Waals surface area contributed by atoms with Crippen molar-refractivity contribution in [3.63, 3.8) is 0 Å². The fraction of sp³-hybridized carbons (Fsp3) is 0.600. The largest absolute Gasteiger partial charge is 0.503 e. The van der Waals surface area contributed by atoms with Gasteiger partial charge in [-0.3, -0.25) is 0 Å². The van der Waals surface area contributed by atoms with Gasteiger partial charge in [-0.1, -0.05) is 6.92 Å². The van der Waals surface area contributed by atoms with Gasteiger partial charge in [0, 0.05) is 17.8 Å². The lowest BCUT2D eigenvalue weighted by Gasteiger charge is -2.24. The molecule has 0 fully saturated rings. The number of hydrogen-bond donors (Lipinski definition) is 6. The molecule has 18 heavy (non-hydrogen) atoms. The number of H-pyrrole nitrogens is 1. The topological polar surface area (TPSA) is 147 Å². The van der Waals surface area contributed by atoms with Crippen molar-refractivity contribution in [3.8, 4) is 0 Å². The van der Waals surface area contributed by atoms with Crippen LogP contribution in [0.2, 0.25) is 0 Å². The third kappa shape index (κ3) is 10.9. The maximum Gasteiger partial charge on any atom is 0.503 e. The van der Waals surface area contributed by atoms with Gasteiger partial charge >= 0.3 is 6.16 Å². The zero-order chi connectivity index (χ0) is 14.4. The highest BCUT2D eigenvalue weighted by Gasteiger charge is 2.24. The standard InChI is InChI=1S/C6H14O3.C3H4N2.CH2O3/c1-2-6(3-7,4-8)5-9;1-2-5-3-4-1;2-1(3)4/h7-9H,2-5H2,1H3;1-3H,(H,4,5);(H2,2,3,4). The van der Waals surface area contributed by atoms with E-state index in [2.05, 4.69) is 9.97 Å². The Balaban J connectivity index is 0. The van der Waals surface area contributed by atoms with Gasteiger partial charge in [0.15, 0.2) is 0 Å². The van der Waals surface area contributed by atoms with Crippen molar-refractivity contribution >= 4 is 6.16 Å². The van der Waals surface area contributed by atoms with Gasteiger partial charge in [-0.05, 0) is 6.42 Å². The van der Waals surface area contributed by atoms with Gasteiger partial charge in [-0.25, -0.2) is 9.78 Å². The first-order chi connectivity index (χ1) is 8.47. The molecule has 1 aromatic heterocycles. The van der Waals surface area contributed by atoms with Crippen LogP contribution in [0.3, 0.4) is 0 Å². The molecule has 0 bridgehead atoms. The first kappa shape index (κ1) is 18.7. The SMILES string of the molecule is CCC(CO)(CO)CO.O=C(O)O.c1c[nH]cn1. The van der Waals surface area contributed by atoms with Crippen LogP contribution < -0.4 is 0 Å². The van der Waals surface area contributed by atoms with Crippen molar-refractivity contribution < 1.29 is 30.3 Å². The Labute approximate surface area is 105 Å². The van der Waals surface area contributed by atoms with Crippen molar-refractivity contribution in [1.29, 1.82) is 0 Å². The minimum absolute atomic E-state index is 0.156. The number of rotatable bonds is 4. The fourth-order valence-corrected chi connectivity index (χ4v) is 0.701. The van der Waals surface area contributed by atoms with Crippen LogP contribution in [0.1, 0.15) is 13.3 Å². The number of carboxylic acid groups (broad SMARTS) is 2. The van der Waals surface area contributed by atoms with Crippen LogP contribution in [-0.4, -0.2) is 61.5 Å². The van der Waals surface area contributed by atoms with Crippen LogP contribution in [0.4, 0.5) is 4.79 Å². The smallest absolute Gasteiger partial charge is 0.450 e. The second-order valence-electron chi connectivity index (χ2n) is 3.37. The summed E-state index contributed by atoms with van der Waals surface area (Å²) in [5.74, 6) is 0. The van der Waals surface area contributed by atoms with Gasteiger partial charge in [-0.15, -0.1) is 0 Å². The van der Waals surface area contributed by atoms with E-state index in [0.717, 1.165) is 0 Å². The third-order valence-electron chi connectivity index (χ3n) is 2.16. The van der Waals surface area contributed by atoms with Crippen molar-refractivity contribution in [2.75, 3.05) is 19.8 Å². The van der Waals surface area contributed by atoms with Crippen molar-refractivity contribution in [3.05, 3.63) is 18.7 Å². The molecule has 1 rings (SSSR count). The Morgan fingerprint density at radius 2 is 1.67 bits per heavy atom. The number of nitrogens with zero attached hydrogens (tertiary/aromatic N) is 1. The molecule has 0 atom stereocenters. The number of imidazole rings is 1. The third-order valence-corrected chi connectivity index (χ3v) is 2.16. The van der Waals surface area contributed by atoms with E-state index in [1.165, 1.54) is 0 Å². The van der Waals surface area contributed by atoms with E-state index in [0.29, 0.717) is 6.42 Å². The average molecular weight is 264 g/mol. The molecule has 1 aromatic rings. The summed E-state index contributed by atoms with van der Waals surface area (Å²) in [6.07, 6.45) is 3.84. The van der Waals surface area contributed by atoms with Gasteiger partial charge in [0.1, 0.15) is 0 Å². The molecule has 6 N–H and O–H groups in total. The predicted molar refractivity (Wildman–Crippen MR) is 63.2 cm³/mol. The van der Waals surface area contributed by atoms with Gasteiger partial charge in [0.05, 0.1) is 26.1 Å². The number of carbonyl (C=O) groups is 1. The van der Waals surface area contributed by atoms with E-state index in [9.17, 15) is 0 Å². The van der Waals surface area contributed by atoms with Crippen molar-refractivity contribution in [1.82, 2.24) is 9.97 Å². The highest BCUT2D eigenvalue weighted by molar-refractivity contribution is 5.53. The molecule has 0 spiro atoms. The normalized spacial score (nSPS) is 9.56. The summed E-state index contributed by atoms with van der Waals surface area (Å²) in [6, 6.07) is 0. The van der Waals surface area contributed by atoms with Crippen LogP contribution in [-0.2, 0) is 0 Å². The Morgan fingerprint density at radius 3 is 1.72 bits per heavy atom. The molecule has 0 unspecified atom stereocenters. The summed E-state index contributed by atoms with van der Waals surface area (Å²) in [5, 5.41) is 39.9. The number of aromatic nitrogens is 2. The summed E-state index contributed by atoms with van der Waals surface area (Å²) >= 11 is 0. The maximum atomic E-state index is 8.66. The first-order valence-corrected chi connectivity index (χ1v) is 5.15. The molecule has 0 radical (unpaired) electrons. The summed E-state index contributed by atoms with van der Waals surface area (Å²) in [6.45, 7) is 1.35. The zero-order valence-corrected chi connectivity index (χ0v) is 10.2. The summed E-state index contributed by atoms with van der Waals surface area (Å²) in [4.78, 5) is 15.0. The van der Waals surface area contributed by atoms with Crippen molar-refractivity contribution in [2.45, 2.75) is 13.3 Å². The summed E-state index contributed by atoms with van der Waals surface area (Å²) in [7, 11) is 0. The Hall–Kier alpha value is -1.64. The van der Waals surface area contributed by atoms with E-state index in [-0.39, 0.29) is 19.8 Å². The Kier molecular flexibility index (Phi) is 12.3. The van der Waals surface area contributed by atoms with E-state index < -0.39 is 11.6 Å². The second-order valence-corrected chi connectivity index (χ2v) is 3.37. The monoisotopic (exact) mass is 264 g/mol. The Morgan fingerprint density at radius 1 is 1.22 bits per heavy atom. The van der Waals surface area contributed by atoms with E-state index in [1.807, 2.05) is 6.92 Å². The molecule has 106 valence electrons.